The van der Waals surface area contributed by atoms with Crippen LogP contribution in [0.25, 0.3) is 0 Å². The molecule has 0 radical (unpaired) electrons. The van der Waals surface area contributed by atoms with Gasteiger partial charge in [-0.25, -0.2) is 0 Å². The van der Waals surface area contributed by atoms with E-state index in [9.17, 15) is 5.11 Å². The molecule has 0 aliphatic rings. The number of aliphatic hydroxyl groups is 1. The van der Waals surface area contributed by atoms with Crippen LogP contribution in [0.3, 0.4) is 0 Å². The van der Waals surface area contributed by atoms with Crippen molar-refractivity contribution in [2.24, 2.45) is 0 Å². The lowest BCUT2D eigenvalue weighted by Crippen LogP contribution is -1.95. The summed E-state index contributed by atoms with van der Waals surface area (Å²) in [5, 5.41) is 11.9. The highest BCUT2D eigenvalue weighted by molar-refractivity contribution is 7.10. The molecule has 2 rings (SSSR count). The summed E-state index contributed by atoms with van der Waals surface area (Å²) < 4.78 is 5.08. The first-order valence-electron chi connectivity index (χ1n) is 4.66. The molecule has 0 saturated heterocycles. The highest BCUT2D eigenvalue weighted by Crippen LogP contribution is 2.30. The van der Waals surface area contributed by atoms with E-state index in [4.69, 9.17) is 4.74 Å². The van der Waals surface area contributed by atoms with Crippen molar-refractivity contribution in [1.29, 1.82) is 0 Å². The van der Waals surface area contributed by atoms with Gasteiger partial charge in [-0.15, -0.1) is 11.3 Å². The average molecular weight is 220 g/mol. The number of aliphatic hydroxyl groups excluding tert-OH is 1. The number of benzene rings is 1. The zero-order valence-electron chi connectivity index (χ0n) is 8.38. The number of hydrogen-bond donors (Lipinski definition) is 1. The quantitative estimate of drug-likeness (QED) is 0.861. The molecule has 1 heterocycles. The minimum atomic E-state index is -0.555. The van der Waals surface area contributed by atoms with E-state index in [0.29, 0.717) is 0 Å². The molecule has 0 amide bonds. The maximum atomic E-state index is 10.1. The molecule has 0 spiro atoms. The van der Waals surface area contributed by atoms with Gasteiger partial charge in [0.05, 0.1) is 7.11 Å². The van der Waals surface area contributed by atoms with Gasteiger partial charge in [0.1, 0.15) is 11.9 Å². The molecule has 0 bridgehead atoms. The van der Waals surface area contributed by atoms with Crippen LogP contribution in [0.1, 0.15) is 16.5 Å². The van der Waals surface area contributed by atoms with Crippen molar-refractivity contribution < 1.29 is 9.84 Å². The maximum Gasteiger partial charge on any atom is 0.129 e. The van der Waals surface area contributed by atoms with Gasteiger partial charge in [-0.05, 0) is 11.6 Å². The minimum Gasteiger partial charge on any atom is -0.496 e. The van der Waals surface area contributed by atoms with E-state index < -0.39 is 6.10 Å². The Morgan fingerprint density at radius 1 is 1.27 bits per heavy atom. The Kier molecular flexibility index (Phi) is 3.04. The van der Waals surface area contributed by atoms with Crippen LogP contribution in [0.15, 0.2) is 41.8 Å². The van der Waals surface area contributed by atoms with E-state index in [1.807, 2.05) is 41.8 Å². The number of thiophene rings is 1. The first-order valence-corrected chi connectivity index (χ1v) is 5.54. The number of rotatable bonds is 3. The molecule has 1 aromatic carbocycles. The fraction of sp³-hybridized carbons (Fsp3) is 0.167. The van der Waals surface area contributed by atoms with E-state index in [1.54, 1.807) is 7.11 Å². The topological polar surface area (TPSA) is 29.5 Å². The van der Waals surface area contributed by atoms with Crippen molar-refractivity contribution >= 4 is 11.3 Å². The van der Waals surface area contributed by atoms with E-state index >= 15 is 0 Å². The highest BCUT2D eigenvalue weighted by atomic mass is 32.1. The number of ether oxygens (including phenoxy) is 1. The summed E-state index contributed by atoms with van der Waals surface area (Å²) in [5.74, 6) is 0.796. The first-order chi connectivity index (χ1) is 7.31. The molecular formula is C12H12O2S. The third-order valence-electron chi connectivity index (χ3n) is 2.22. The summed E-state index contributed by atoms with van der Waals surface area (Å²) in [5.41, 5.74) is 0.905. The largest absolute Gasteiger partial charge is 0.496 e. The third kappa shape index (κ3) is 2.19. The predicted molar refractivity (Wildman–Crippen MR) is 61.4 cm³/mol. The molecule has 15 heavy (non-hydrogen) atoms. The van der Waals surface area contributed by atoms with E-state index in [1.165, 1.54) is 11.3 Å². The fourth-order valence-electron chi connectivity index (χ4n) is 1.38. The van der Waals surface area contributed by atoms with Gasteiger partial charge in [-0.1, -0.05) is 30.3 Å². The summed E-state index contributed by atoms with van der Waals surface area (Å²) in [6.07, 6.45) is -0.555. The number of methoxy groups -OCH3 is 1. The maximum absolute atomic E-state index is 10.1. The van der Waals surface area contributed by atoms with Crippen LogP contribution in [0.2, 0.25) is 0 Å². The van der Waals surface area contributed by atoms with Crippen molar-refractivity contribution in [3.8, 4) is 5.75 Å². The highest BCUT2D eigenvalue weighted by Gasteiger charge is 2.12. The van der Waals surface area contributed by atoms with Crippen molar-refractivity contribution in [2.45, 2.75) is 6.10 Å². The van der Waals surface area contributed by atoms with Crippen LogP contribution in [0.4, 0.5) is 0 Å². The molecule has 0 saturated carbocycles. The van der Waals surface area contributed by atoms with Gasteiger partial charge in [0.25, 0.3) is 0 Å². The summed E-state index contributed by atoms with van der Waals surface area (Å²) in [7, 11) is 1.63. The first kappa shape index (κ1) is 10.2. The Labute approximate surface area is 92.8 Å². The van der Waals surface area contributed by atoms with E-state index in [0.717, 1.165) is 16.2 Å². The van der Waals surface area contributed by atoms with E-state index in [-0.39, 0.29) is 0 Å². The Bertz CT molecular complexity index is 422. The van der Waals surface area contributed by atoms with Gasteiger partial charge in [0, 0.05) is 10.3 Å². The molecule has 1 unspecified atom stereocenters. The second-order valence-electron chi connectivity index (χ2n) is 3.20. The monoisotopic (exact) mass is 220 g/mol. The molecule has 0 aliphatic heterocycles. The van der Waals surface area contributed by atoms with Crippen molar-refractivity contribution in [3.63, 3.8) is 0 Å². The lowest BCUT2D eigenvalue weighted by molar-refractivity contribution is 0.224. The Morgan fingerprint density at radius 2 is 2.00 bits per heavy atom. The molecular weight excluding hydrogens is 208 g/mol. The third-order valence-corrected chi connectivity index (χ3v) is 3.18. The van der Waals surface area contributed by atoms with Crippen LogP contribution in [0, 0.1) is 0 Å². The van der Waals surface area contributed by atoms with Crippen LogP contribution >= 0.6 is 11.3 Å². The summed E-state index contributed by atoms with van der Waals surface area (Å²) >= 11 is 1.50. The SMILES string of the molecule is COc1csc(C(O)c2ccccc2)c1. The lowest BCUT2D eigenvalue weighted by Gasteiger charge is -2.07. The lowest BCUT2D eigenvalue weighted by atomic mass is 10.1. The molecule has 78 valence electrons. The average Bonchev–Trinajstić information content (AvgIpc) is 2.78. The molecule has 2 aromatic rings. The predicted octanol–water partition coefficient (Wildman–Crippen LogP) is 2.84. The Hall–Kier alpha value is -1.32. The summed E-state index contributed by atoms with van der Waals surface area (Å²) in [4.78, 5) is 0.901. The summed E-state index contributed by atoms with van der Waals surface area (Å²) in [6.45, 7) is 0. The minimum absolute atomic E-state index is 0.555. The normalized spacial score (nSPS) is 12.4. The molecule has 2 nitrogen and oxygen atoms in total. The van der Waals surface area contributed by atoms with Crippen LogP contribution < -0.4 is 4.74 Å². The molecule has 1 atom stereocenters. The molecule has 1 N–H and O–H groups in total. The fourth-order valence-corrected chi connectivity index (χ4v) is 2.25. The second-order valence-corrected chi connectivity index (χ2v) is 4.14. The van der Waals surface area contributed by atoms with Gasteiger partial charge in [-0.3, -0.25) is 0 Å². The van der Waals surface area contributed by atoms with Gasteiger partial charge in [0.15, 0.2) is 0 Å². The molecule has 0 fully saturated rings. The zero-order chi connectivity index (χ0) is 10.7. The molecule has 3 heteroatoms. The van der Waals surface area contributed by atoms with E-state index in [2.05, 4.69) is 0 Å². The van der Waals surface area contributed by atoms with Gasteiger partial charge < -0.3 is 9.84 Å². The van der Waals surface area contributed by atoms with Crippen LogP contribution in [0.5, 0.6) is 5.75 Å². The van der Waals surface area contributed by atoms with Gasteiger partial charge in [0.2, 0.25) is 0 Å². The zero-order valence-corrected chi connectivity index (χ0v) is 9.20. The van der Waals surface area contributed by atoms with Crippen LogP contribution in [-0.2, 0) is 0 Å². The number of hydrogen-bond acceptors (Lipinski definition) is 3. The molecule has 0 aliphatic carbocycles. The Balaban J connectivity index is 2.24. The molecule has 1 aromatic heterocycles. The van der Waals surface area contributed by atoms with Crippen molar-refractivity contribution in [1.82, 2.24) is 0 Å². The van der Waals surface area contributed by atoms with Crippen molar-refractivity contribution in [2.75, 3.05) is 7.11 Å². The smallest absolute Gasteiger partial charge is 0.129 e. The van der Waals surface area contributed by atoms with Gasteiger partial charge >= 0.3 is 0 Å². The van der Waals surface area contributed by atoms with Crippen molar-refractivity contribution in [3.05, 3.63) is 52.2 Å². The van der Waals surface area contributed by atoms with Gasteiger partial charge in [-0.2, -0.15) is 0 Å². The standard InChI is InChI=1S/C12H12O2S/c1-14-10-7-11(15-8-10)12(13)9-5-3-2-4-6-9/h2-8,12-13H,1H3. The Morgan fingerprint density at radius 3 is 2.60 bits per heavy atom. The second kappa shape index (κ2) is 4.47. The summed E-state index contributed by atoms with van der Waals surface area (Å²) in [6, 6.07) is 11.5. The van der Waals surface area contributed by atoms with Crippen LogP contribution in [-0.4, -0.2) is 12.2 Å².